The Labute approximate surface area is 97.6 Å². The Bertz CT molecular complexity index is 314. The molecular weight excluding hydrogens is 200 g/mol. The van der Waals surface area contributed by atoms with Crippen LogP contribution in [0.4, 0.5) is 0 Å². The van der Waals surface area contributed by atoms with E-state index in [4.69, 9.17) is 4.74 Å². The van der Waals surface area contributed by atoms with Gasteiger partial charge in [0.25, 0.3) is 0 Å². The first-order chi connectivity index (χ1) is 7.72. The third kappa shape index (κ3) is 4.96. The van der Waals surface area contributed by atoms with Crippen molar-refractivity contribution < 1.29 is 9.53 Å². The first kappa shape index (κ1) is 12.8. The lowest BCUT2D eigenvalue weighted by Crippen LogP contribution is -1.99. The molecule has 0 saturated carbocycles. The molecule has 0 atom stereocenters. The van der Waals surface area contributed by atoms with Crippen molar-refractivity contribution in [3.05, 3.63) is 29.8 Å². The predicted octanol–water partition coefficient (Wildman–Crippen LogP) is 3.39. The number of ether oxygens (including phenoxy) is 1. The van der Waals surface area contributed by atoms with E-state index < -0.39 is 0 Å². The second kappa shape index (κ2) is 7.04. The van der Waals surface area contributed by atoms with Gasteiger partial charge in [-0.2, -0.15) is 0 Å². The third-order valence-corrected chi connectivity index (χ3v) is 2.52. The van der Waals surface area contributed by atoms with Gasteiger partial charge in [0, 0.05) is 6.42 Å². The summed E-state index contributed by atoms with van der Waals surface area (Å²) >= 11 is 0. The maximum atomic E-state index is 10.7. The molecule has 2 nitrogen and oxygen atoms in total. The molecule has 0 saturated heterocycles. The molecule has 0 heterocycles. The average Bonchev–Trinajstić information content (AvgIpc) is 2.29. The summed E-state index contributed by atoms with van der Waals surface area (Å²) < 4.78 is 5.58. The van der Waals surface area contributed by atoms with Crippen molar-refractivity contribution in [3.63, 3.8) is 0 Å². The minimum Gasteiger partial charge on any atom is -0.494 e. The van der Waals surface area contributed by atoms with Crippen molar-refractivity contribution in [2.24, 2.45) is 0 Å². The van der Waals surface area contributed by atoms with E-state index in [0.29, 0.717) is 13.0 Å². The molecule has 0 aliphatic carbocycles. The van der Waals surface area contributed by atoms with Gasteiger partial charge < -0.3 is 9.53 Å². The highest BCUT2D eigenvalue weighted by atomic mass is 16.5. The van der Waals surface area contributed by atoms with Gasteiger partial charge >= 0.3 is 0 Å². The van der Waals surface area contributed by atoms with E-state index in [1.165, 1.54) is 5.56 Å². The maximum Gasteiger partial charge on any atom is 0.129 e. The highest BCUT2D eigenvalue weighted by Gasteiger charge is 1.96. The standard InChI is InChI=1S/C14H20O2/c1-3-13-7-9-14(10-8-13)16-11-5-4-6-12(2)15/h7-10H,3-6,11H2,1-2H3. The number of benzene rings is 1. The Morgan fingerprint density at radius 1 is 1.19 bits per heavy atom. The summed E-state index contributed by atoms with van der Waals surface area (Å²) in [5.74, 6) is 1.17. The highest BCUT2D eigenvalue weighted by molar-refractivity contribution is 5.75. The molecule has 88 valence electrons. The smallest absolute Gasteiger partial charge is 0.129 e. The summed E-state index contributed by atoms with van der Waals surface area (Å²) in [4.78, 5) is 10.7. The largest absolute Gasteiger partial charge is 0.494 e. The maximum absolute atomic E-state index is 10.7. The summed E-state index contributed by atoms with van der Waals surface area (Å²) in [5, 5.41) is 0. The topological polar surface area (TPSA) is 26.3 Å². The Hall–Kier alpha value is -1.31. The van der Waals surface area contributed by atoms with Gasteiger partial charge in [-0.3, -0.25) is 0 Å². The molecule has 0 N–H and O–H groups in total. The number of ketones is 1. The summed E-state index contributed by atoms with van der Waals surface area (Å²) in [6.45, 7) is 4.46. The van der Waals surface area contributed by atoms with Crippen molar-refractivity contribution in [3.8, 4) is 5.75 Å². The molecular formula is C14H20O2. The third-order valence-electron chi connectivity index (χ3n) is 2.52. The van der Waals surface area contributed by atoms with E-state index in [0.717, 1.165) is 25.0 Å². The molecule has 1 aromatic rings. The molecule has 2 heteroatoms. The number of carbonyl (C=O) groups is 1. The first-order valence-electron chi connectivity index (χ1n) is 5.93. The van der Waals surface area contributed by atoms with Crippen LogP contribution in [0.5, 0.6) is 5.75 Å². The normalized spacial score (nSPS) is 10.1. The molecule has 16 heavy (non-hydrogen) atoms. The average molecular weight is 220 g/mol. The molecule has 0 fully saturated rings. The predicted molar refractivity (Wildman–Crippen MR) is 65.8 cm³/mol. The van der Waals surface area contributed by atoms with Crippen LogP contribution >= 0.6 is 0 Å². The van der Waals surface area contributed by atoms with Gasteiger partial charge in [-0.25, -0.2) is 0 Å². The van der Waals surface area contributed by atoms with E-state index in [1.54, 1.807) is 6.92 Å². The number of rotatable bonds is 7. The van der Waals surface area contributed by atoms with Crippen LogP contribution in [-0.4, -0.2) is 12.4 Å². The number of hydrogen-bond acceptors (Lipinski definition) is 2. The van der Waals surface area contributed by atoms with Gasteiger partial charge in [0.05, 0.1) is 6.61 Å². The highest BCUT2D eigenvalue weighted by Crippen LogP contribution is 2.13. The lowest BCUT2D eigenvalue weighted by atomic mass is 10.2. The van der Waals surface area contributed by atoms with Crippen LogP contribution in [0.3, 0.4) is 0 Å². The van der Waals surface area contributed by atoms with Gasteiger partial charge in [0.1, 0.15) is 11.5 Å². The molecule has 0 amide bonds. The Balaban J connectivity index is 2.19. The summed E-state index contributed by atoms with van der Waals surface area (Å²) in [5.41, 5.74) is 1.32. The second-order valence-corrected chi connectivity index (χ2v) is 4.01. The van der Waals surface area contributed by atoms with E-state index >= 15 is 0 Å². The van der Waals surface area contributed by atoms with Crippen molar-refractivity contribution >= 4 is 5.78 Å². The van der Waals surface area contributed by atoms with Gasteiger partial charge in [0.2, 0.25) is 0 Å². The number of carbonyl (C=O) groups excluding carboxylic acids is 1. The summed E-state index contributed by atoms with van der Waals surface area (Å²) in [6.07, 6.45) is 3.58. The van der Waals surface area contributed by atoms with E-state index in [-0.39, 0.29) is 5.78 Å². The van der Waals surface area contributed by atoms with Gasteiger partial charge in [0.15, 0.2) is 0 Å². The quantitative estimate of drug-likeness (QED) is 0.658. The minimum atomic E-state index is 0.257. The molecule has 0 bridgehead atoms. The number of unbranched alkanes of at least 4 members (excludes halogenated alkanes) is 1. The summed E-state index contributed by atoms with van der Waals surface area (Å²) in [7, 11) is 0. The molecule has 0 radical (unpaired) electrons. The van der Waals surface area contributed by atoms with Crippen LogP contribution in [0.25, 0.3) is 0 Å². The van der Waals surface area contributed by atoms with Crippen molar-refractivity contribution in [2.45, 2.75) is 39.5 Å². The zero-order chi connectivity index (χ0) is 11.8. The monoisotopic (exact) mass is 220 g/mol. The summed E-state index contributed by atoms with van der Waals surface area (Å²) in [6, 6.07) is 8.18. The van der Waals surface area contributed by atoms with Gasteiger partial charge in [-0.05, 0) is 43.9 Å². The Morgan fingerprint density at radius 3 is 2.44 bits per heavy atom. The van der Waals surface area contributed by atoms with Crippen LogP contribution in [0, 0.1) is 0 Å². The Kier molecular flexibility index (Phi) is 5.62. The Morgan fingerprint density at radius 2 is 1.88 bits per heavy atom. The minimum absolute atomic E-state index is 0.257. The van der Waals surface area contributed by atoms with Crippen molar-refractivity contribution in [1.82, 2.24) is 0 Å². The first-order valence-corrected chi connectivity index (χ1v) is 5.93. The van der Waals surface area contributed by atoms with Crippen LogP contribution in [0.2, 0.25) is 0 Å². The second-order valence-electron chi connectivity index (χ2n) is 4.01. The molecule has 0 unspecified atom stereocenters. The van der Waals surface area contributed by atoms with E-state index in [1.807, 2.05) is 12.1 Å². The van der Waals surface area contributed by atoms with Crippen LogP contribution in [-0.2, 0) is 11.2 Å². The van der Waals surface area contributed by atoms with Gasteiger partial charge in [-0.1, -0.05) is 19.1 Å². The van der Waals surface area contributed by atoms with Crippen molar-refractivity contribution in [1.29, 1.82) is 0 Å². The fourth-order valence-corrected chi connectivity index (χ4v) is 1.49. The van der Waals surface area contributed by atoms with Gasteiger partial charge in [-0.15, -0.1) is 0 Å². The van der Waals surface area contributed by atoms with E-state index in [9.17, 15) is 4.79 Å². The molecule has 1 aromatic carbocycles. The SMILES string of the molecule is CCc1ccc(OCCCCC(C)=O)cc1. The number of aryl methyl sites for hydroxylation is 1. The lowest BCUT2D eigenvalue weighted by Gasteiger charge is -2.06. The lowest BCUT2D eigenvalue weighted by molar-refractivity contribution is -0.117. The molecule has 0 aliphatic rings. The molecule has 0 spiro atoms. The van der Waals surface area contributed by atoms with Crippen LogP contribution < -0.4 is 4.74 Å². The van der Waals surface area contributed by atoms with Crippen LogP contribution in [0.1, 0.15) is 38.7 Å². The number of hydrogen-bond donors (Lipinski definition) is 0. The van der Waals surface area contributed by atoms with E-state index in [2.05, 4.69) is 19.1 Å². The zero-order valence-corrected chi connectivity index (χ0v) is 10.2. The fraction of sp³-hybridized carbons (Fsp3) is 0.500. The zero-order valence-electron chi connectivity index (χ0n) is 10.2. The molecule has 0 aromatic heterocycles. The fourth-order valence-electron chi connectivity index (χ4n) is 1.49. The van der Waals surface area contributed by atoms with Crippen LogP contribution in [0.15, 0.2) is 24.3 Å². The number of Topliss-reactive ketones (excluding diaryl/α,β-unsaturated/α-hetero) is 1. The molecule has 1 rings (SSSR count). The van der Waals surface area contributed by atoms with Crippen molar-refractivity contribution in [2.75, 3.05) is 6.61 Å². The molecule has 0 aliphatic heterocycles.